The van der Waals surface area contributed by atoms with Crippen molar-refractivity contribution in [2.24, 2.45) is 5.10 Å². The first-order valence-electron chi connectivity index (χ1n) is 4.95. The van der Waals surface area contributed by atoms with E-state index in [1.807, 2.05) is 0 Å². The van der Waals surface area contributed by atoms with Crippen molar-refractivity contribution in [3.63, 3.8) is 0 Å². The number of nitrogens with zero attached hydrogens (tertiary/aromatic N) is 3. The van der Waals surface area contributed by atoms with Crippen LogP contribution in [0.2, 0.25) is 0 Å². The molecule has 1 N–H and O–H groups in total. The second-order valence-electron chi connectivity index (χ2n) is 3.44. The third-order valence-corrected chi connectivity index (χ3v) is 3.08. The van der Waals surface area contributed by atoms with Crippen molar-refractivity contribution in [2.75, 3.05) is 11.3 Å². The zero-order valence-corrected chi connectivity index (χ0v) is 10.0. The predicted molar refractivity (Wildman–Crippen MR) is 64.4 cm³/mol. The van der Waals surface area contributed by atoms with Crippen LogP contribution in [0.15, 0.2) is 23.3 Å². The van der Waals surface area contributed by atoms with E-state index in [0.29, 0.717) is 0 Å². The summed E-state index contributed by atoms with van der Waals surface area (Å²) in [5.41, 5.74) is 1.97. The van der Waals surface area contributed by atoms with Gasteiger partial charge in [0.25, 0.3) is 12.1 Å². The summed E-state index contributed by atoms with van der Waals surface area (Å²) in [6.45, 7) is 0. The maximum absolute atomic E-state index is 12.9. The molecule has 0 bridgehead atoms. The number of hydrazone groups is 1. The highest BCUT2D eigenvalue weighted by Crippen LogP contribution is 2.28. The molecule has 0 amide bonds. The molecule has 10 heteroatoms. The van der Waals surface area contributed by atoms with E-state index in [1.54, 1.807) is 0 Å². The zero-order valence-electron chi connectivity index (χ0n) is 9.22. The maximum Gasteiger partial charge on any atom is 0.297 e. The van der Waals surface area contributed by atoms with Crippen molar-refractivity contribution in [1.82, 2.24) is 5.12 Å². The largest absolute Gasteiger partial charge is 0.297 e. The third kappa shape index (κ3) is 3.08. The molecule has 1 heterocycles. The van der Waals surface area contributed by atoms with Crippen molar-refractivity contribution in [1.29, 1.82) is 0 Å². The normalized spacial score (nSPS) is 14.7. The van der Waals surface area contributed by atoms with Crippen LogP contribution in [0, 0.1) is 15.9 Å². The predicted octanol–water partition coefficient (Wildman–Crippen LogP) is 2.65. The van der Waals surface area contributed by atoms with E-state index in [-0.39, 0.29) is 16.6 Å². The molecule has 1 aliphatic heterocycles. The quantitative estimate of drug-likeness (QED) is 0.682. The number of rotatable bonds is 4. The average Bonchev–Trinajstić information content (AvgIpc) is 2.80. The van der Waals surface area contributed by atoms with Crippen LogP contribution in [0.4, 0.5) is 24.5 Å². The lowest BCUT2D eigenvalue weighted by Crippen LogP contribution is -2.21. The van der Waals surface area contributed by atoms with Gasteiger partial charge in [0.1, 0.15) is 17.4 Å². The smallest absolute Gasteiger partial charge is 0.275 e. The minimum atomic E-state index is -2.69. The summed E-state index contributed by atoms with van der Waals surface area (Å²) < 4.78 is 37.6. The molecular weight excluding hydrogens is 285 g/mol. The summed E-state index contributed by atoms with van der Waals surface area (Å²) in [7, 11) is 0. The molecule has 0 saturated carbocycles. The fourth-order valence-electron chi connectivity index (χ4n) is 1.36. The van der Waals surface area contributed by atoms with Gasteiger partial charge in [0.2, 0.25) is 0 Å². The number of halogens is 3. The molecule has 0 fully saturated rings. The SMILES string of the molecule is O=[N+]([O-])c1cc(F)ccc1NN1CSC(C(F)F)=N1. The van der Waals surface area contributed by atoms with E-state index in [0.717, 1.165) is 35.1 Å². The lowest BCUT2D eigenvalue weighted by Gasteiger charge is -2.15. The van der Waals surface area contributed by atoms with Crippen LogP contribution in [0.25, 0.3) is 0 Å². The number of alkyl halides is 2. The Hall–Kier alpha value is -1.97. The van der Waals surface area contributed by atoms with Crippen LogP contribution in [0.3, 0.4) is 0 Å². The highest BCUT2D eigenvalue weighted by Gasteiger charge is 2.24. The number of nitro benzene ring substituents is 1. The van der Waals surface area contributed by atoms with Gasteiger partial charge < -0.3 is 0 Å². The second kappa shape index (κ2) is 5.34. The fraction of sp³-hybridized carbons (Fsp3) is 0.222. The summed E-state index contributed by atoms with van der Waals surface area (Å²) in [5, 5.41) is 14.9. The molecule has 102 valence electrons. The first-order chi connectivity index (χ1) is 8.97. The topological polar surface area (TPSA) is 70.8 Å². The number of hydrogen-bond acceptors (Lipinski definition) is 6. The Morgan fingerprint density at radius 2 is 2.26 bits per heavy atom. The number of nitrogens with one attached hydrogen (secondary N) is 1. The number of hydrogen-bond donors (Lipinski definition) is 1. The Labute approximate surface area is 109 Å². The van der Waals surface area contributed by atoms with Gasteiger partial charge in [-0.15, -0.1) is 5.10 Å². The molecule has 1 aromatic carbocycles. The van der Waals surface area contributed by atoms with Crippen molar-refractivity contribution >= 4 is 28.2 Å². The maximum atomic E-state index is 12.9. The minimum Gasteiger partial charge on any atom is -0.275 e. The molecule has 6 nitrogen and oxygen atoms in total. The van der Waals surface area contributed by atoms with Gasteiger partial charge in [0.15, 0.2) is 5.04 Å². The number of benzene rings is 1. The molecule has 0 aromatic heterocycles. The summed E-state index contributed by atoms with van der Waals surface area (Å²) in [4.78, 5) is 9.97. The summed E-state index contributed by atoms with van der Waals surface area (Å²) in [6.07, 6.45) is -2.69. The molecule has 1 aromatic rings. The molecule has 0 aliphatic carbocycles. The van der Waals surface area contributed by atoms with Crippen LogP contribution < -0.4 is 5.43 Å². The molecule has 19 heavy (non-hydrogen) atoms. The van der Waals surface area contributed by atoms with Gasteiger partial charge in [0.05, 0.1) is 11.0 Å². The van der Waals surface area contributed by atoms with Crippen LogP contribution in [0.5, 0.6) is 0 Å². The molecule has 0 atom stereocenters. The minimum absolute atomic E-state index is 0.0220. The molecular formula is C9H7F3N4O2S. The van der Waals surface area contributed by atoms with Gasteiger partial charge in [0, 0.05) is 0 Å². The van der Waals surface area contributed by atoms with E-state index in [1.165, 1.54) is 0 Å². The molecule has 0 spiro atoms. The molecule has 2 rings (SSSR count). The highest BCUT2D eigenvalue weighted by atomic mass is 32.2. The van der Waals surface area contributed by atoms with E-state index < -0.39 is 22.9 Å². The Bertz CT molecular complexity index is 540. The average molecular weight is 292 g/mol. The Kier molecular flexibility index (Phi) is 3.79. The van der Waals surface area contributed by atoms with Crippen molar-refractivity contribution in [3.05, 3.63) is 34.1 Å². The van der Waals surface area contributed by atoms with Crippen molar-refractivity contribution in [2.45, 2.75) is 6.43 Å². The van der Waals surface area contributed by atoms with Gasteiger partial charge in [-0.05, 0) is 12.1 Å². The highest BCUT2D eigenvalue weighted by molar-refractivity contribution is 8.14. The Morgan fingerprint density at radius 1 is 1.53 bits per heavy atom. The van der Waals surface area contributed by atoms with Gasteiger partial charge in [-0.2, -0.15) is 5.12 Å². The Morgan fingerprint density at radius 3 is 2.84 bits per heavy atom. The monoisotopic (exact) mass is 292 g/mol. The summed E-state index contributed by atoms with van der Waals surface area (Å²) in [5.74, 6) is -0.682. The van der Waals surface area contributed by atoms with E-state index in [4.69, 9.17) is 0 Å². The summed E-state index contributed by atoms with van der Waals surface area (Å²) >= 11 is 0.815. The van der Waals surface area contributed by atoms with E-state index in [9.17, 15) is 23.3 Å². The Balaban J connectivity index is 2.18. The van der Waals surface area contributed by atoms with Crippen LogP contribution in [-0.2, 0) is 0 Å². The molecule has 1 aliphatic rings. The standard InChI is InChI=1S/C9H7F3N4O2S/c10-5-1-2-6(7(3-5)16(17)18)13-15-4-19-9(14-15)8(11)12/h1-3,8,13H,4H2. The van der Waals surface area contributed by atoms with Crippen LogP contribution in [-0.4, -0.2) is 27.4 Å². The number of thioether (sulfide) groups is 1. The van der Waals surface area contributed by atoms with Gasteiger partial charge >= 0.3 is 0 Å². The van der Waals surface area contributed by atoms with Crippen LogP contribution in [0.1, 0.15) is 0 Å². The number of nitro groups is 1. The lowest BCUT2D eigenvalue weighted by atomic mass is 10.2. The van der Waals surface area contributed by atoms with Gasteiger partial charge in [-0.3, -0.25) is 15.5 Å². The lowest BCUT2D eigenvalue weighted by molar-refractivity contribution is -0.384. The van der Waals surface area contributed by atoms with E-state index >= 15 is 0 Å². The van der Waals surface area contributed by atoms with Gasteiger partial charge in [-0.25, -0.2) is 13.2 Å². The van der Waals surface area contributed by atoms with Crippen molar-refractivity contribution < 1.29 is 18.1 Å². The van der Waals surface area contributed by atoms with E-state index in [2.05, 4.69) is 10.5 Å². The first-order valence-corrected chi connectivity index (χ1v) is 5.93. The fourth-order valence-corrected chi connectivity index (χ4v) is 2.02. The van der Waals surface area contributed by atoms with Crippen molar-refractivity contribution in [3.8, 4) is 0 Å². The number of anilines is 1. The number of hydrazine groups is 1. The summed E-state index contributed by atoms with van der Waals surface area (Å²) in [6, 6.07) is 2.91. The first kappa shape index (κ1) is 13.5. The van der Waals surface area contributed by atoms with Crippen LogP contribution >= 0.6 is 11.8 Å². The van der Waals surface area contributed by atoms with Gasteiger partial charge in [-0.1, -0.05) is 11.8 Å². The molecule has 0 unspecified atom stereocenters. The molecule has 0 saturated heterocycles. The zero-order chi connectivity index (χ0) is 14.0. The molecule has 0 radical (unpaired) electrons. The third-order valence-electron chi connectivity index (χ3n) is 2.15. The second-order valence-corrected chi connectivity index (χ2v) is 4.41.